The molecular weight excluding hydrogens is 355 g/mol. The molecule has 0 saturated carbocycles. The van der Waals surface area contributed by atoms with Crippen molar-refractivity contribution in [3.8, 4) is 0 Å². The lowest BCUT2D eigenvalue weighted by molar-refractivity contribution is 0.396. The number of halogens is 3. The highest BCUT2D eigenvalue weighted by molar-refractivity contribution is 5.86. The first-order valence-corrected chi connectivity index (χ1v) is 8.01. The maximum absolute atomic E-state index is 4.87. The van der Waals surface area contributed by atoms with Crippen molar-refractivity contribution in [1.82, 2.24) is 20.2 Å². The molecule has 4 nitrogen and oxygen atoms in total. The van der Waals surface area contributed by atoms with Crippen molar-refractivity contribution in [2.45, 2.75) is 65.0 Å². The van der Waals surface area contributed by atoms with Gasteiger partial charge in [-0.1, -0.05) is 6.92 Å². The summed E-state index contributed by atoms with van der Waals surface area (Å²) in [4.78, 5) is 4.87. The Morgan fingerprint density at radius 3 is 2.35 bits per heavy atom. The smallest absolute Gasteiger partial charge is 0.112 e. The molecule has 0 amide bonds. The Bertz CT molecular complexity index is 423. The molecule has 2 heterocycles. The zero-order valence-electron chi connectivity index (χ0n) is 14.7. The number of hydrogen-bond acceptors (Lipinski definition) is 3. The minimum Gasteiger partial charge on any atom is -0.333 e. The van der Waals surface area contributed by atoms with Crippen LogP contribution in [0.25, 0.3) is 0 Å². The van der Waals surface area contributed by atoms with Gasteiger partial charge in [0.15, 0.2) is 0 Å². The Morgan fingerprint density at radius 1 is 1.22 bits per heavy atom. The van der Waals surface area contributed by atoms with E-state index in [4.69, 9.17) is 4.98 Å². The van der Waals surface area contributed by atoms with Crippen molar-refractivity contribution in [1.29, 1.82) is 0 Å². The van der Waals surface area contributed by atoms with E-state index in [0.717, 1.165) is 32.6 Å². The second kappa shape index (κ2) is 11.5. The summed E-state index contributed by atoms with van der Waals surface area (Å²) >= 11 is 0. The first-order valence-electron chi connectivity index (χ1n) is 8.01. The van der Waals surface area contributed by atoms with Crippen LogP contribution in [-0.4, -0.2) is 34.7 Å². The third kappa shape index (κ3) is 8.08. The number of imidazole rings is 1. The van der Waals surface area contributed by atoms with Crippen LogP contribution in [0.5, 0.6) is 0 Å². The number of aryl methyl sites for hydroxylation is 1. The first-order chi connectivity index (χ1) is 9.49. The average molecular weight is 388 g/mol. The normalized spacial score (nSPS) is 15.3. The van der Waals surface area contributed by atoms with Crippen LogP contribution in [0, 0.1) is 0 Å². The van der Waals surface area contributed by atoms with Crippen LogP contribution < -0.4 is 10.6 Å². The van der Waals surface area contributed by atoms with Crippen molar-refractivity contribution >= 4 is 37.2 Å². The quantitative estimate of drug-likeness (QED) is 0.811. The Kier molecular flexibility index (Phi) is 12.7. The van der Waals surface area contributed by atoms with Gasteiger partial charge in [-0.3, -0.25) is 0 Å². The van der Waals surface area contributed by atoms with E-state index in [1.165, 1.54) is 24.4 Å². The molecule has 0 bridgehead atoms. The molecule has 1 saturated heterocycles. The molecule has 138 valence electrons. The minimum absolute atomic E-state index is 0. The van der Waals surface area contributed by atoms with E-state index >= 15 is 0 Å². The third-order valence-corrected chi connectivity index (χ3v) is 3.93. The molecular formula is C16H33Cl3N4. The number of rotatable bonds is 5. The van der Waals surface area contributed by atoms with Gasteiger partial charge in [-0.25, -0.2) is 4.98 Å². The lowest BCUT2D eigenvalue weighted by Crippen LogP contribution is -2.38. The second-order valence-electron chi connectivity index (χ2n) is 6.84. The number of hydrogen-bond donors (Lipinski definition) is 2. The summed E-state index contributed by atoms with van der Waals surface area (Å²) in [7, 11) is 0. The van der Waals surface area contributed by atoms with Gasteiger partial charge in [-0.05, 0) is 53.1 Å². The molecule has 0 radical (unpaired) electrons. The summed E-state index contributed by atoms with van der Waals surface area (Å²) in [6, 6.07) is 0. The zero-order chi connectivity index (χ0) is 14.6. The fourth-order valence-corrected chi connectivity index (χ4v) is 2.79. The Balaban J connectivity index is 0. The van der Waals surface area contributed by atoms with E-state index in [2.05, 4.69) is 49.1 Å². The zero-order valence-corrected chi connectivity index (χ0v) is 17.2. The van der Waals surface area contributed by atoms with Gasteiger partial charge >= 0.3 is 0 Å². The molecule has 0 unspecified atom stereocenters. The molecule has 1 aliphatic heterocycles. The Labute approximate surface area is 159 Å². The first kappa shape index (κ1) is 25.2. The Morgan fingerprint density at radius 2 is 1.83 bits per heavy atom. The van der Waals surface area contributed by atoms with Crippen LogP contribution in [-0.2, 0) is 13.0 Å². The van der Waals surface area contributed by atoms with E-state index < -0.39 is 0 Å². The topological polar surface area (TPSA) is 41.9 Å². The number of nitrogens with zero attached hydrogens (tertiary/aromatic N) is 2. The van der Waals surface area contributed by atoms with Crippen LogP contribution in [0.3, 0.4) is 0 Å². The van der Waals surface area contributed by atoms with Crippen LogP contribution in [0.1, 0.15) is 58.0 Å². The molecule has 1 aliphatic rings. The Hall–Kier alpha value is -0.000000000000000111. The maximum atomic E-state index is 4.87. The van der Waals surface area contributed by atoms with Crippen LogP contribution >= 0.6 is 37.2 Å². The molecule has 0 aliphatic carbocycles. The molecule has 2 rings (SSSR count). The molecule has 7 heteroatoms. The molecule has 0 atom stereocenters. The van der Waals surface area contributed by atoms with Gasteiger partial charge in [0.25, 0.3) is 0 Å². The van der Waals surface area contributed by atoms with Crippen LogP contribution in [0.4, 0.5) is 0 Å². The summed E-state index contributed by atoms with van der Waals surface area (Å²) in [5.41, 5.74) is 1.41. The van der Waals surface area contributed by atoms with Crippen LogP contribution in [0.15, 0.2) is 6.20 Å². The molecule has 1 fully saturated rings. The maximum Gasteiger partial charge on any atom is 0.112 e. The summed E-state index contributed by atoms with van der Waals surface area (Å²) in [5, 5.41) is 7.01. The predicted molar refractivity (Wildman–Crippen MR) is 106 cm³/mol. The molecule has 1 aromatic heterocycles. The van der Waals surface area contributed by atoms with Crippen molar-refractivity contribution in [2.75, 3.05) is 19.6 Å². The molecule has 23 heavy (non-hydrogen) atoms. The van der Waals surface area contributed by atoms with Gasteiger partial charge in [-0.2, -0.15) is 0 Å². The average Bonchev–Trinajstić information content (AvgIpc) is 2.82. The van der Waals surface area contributed by atoms with Gasteiger partial charge in [0.05, 0.1) is 5.69 Å². The fraction of sp³-hybridized carbons (Fsp3) is 0.812. The van der Waals surface area contributed by atoms with E-state index in [1.807, 2.05) is 0 Å². The van der Waals surface area contributed by atoms with Crippen molar-refractivity contribution in [3.63, 3.8) is 0 Å². The number of piperidine rings is 1. The second-order valence-corrected chi connectivity index (χ2v) is 6.84. The van der Waals surface area contributed by atoms with Crippen molar-refractivity contribution < 1.29 is 0 Å². The van der Waals surface area contributed by atoms with Gasteiger partial charge < -0.3 is 15.2 Å². The van der Waals surface area contributed by atoms with E-state index in [0.29, 0.717) is 5.92 Å². The van der Waals surface area contributed by atoms with Gasteiger partial charge in [-0.15, -0.1) is 37.2 Å². The highest BCUT2D eigenvalue weighted by Gasteiger charge is 2.21. The number of aromatic nitrogens is 2. The fourth-order valence-electron chi connectivity index (χ4n) is 2.79. The minimum atomic E-state index is 0. The van der Waals surface area contributed by atoms with Crippen molar-refractivity contribution in [2.24, 2.45) is 0 Å². The standard InChI is InChI=1S/C16H30N4.3ClH/c1-5-14-12-20(11-10-18-16(2,3)4)15(19-14)13-6-8-17-9-7-13;;;/h12-13,17-18H,5-11H2,1-4H3;3*1H. The van der Waals surface area contributed by atoms with Crippen molar-refractivity contribution in [3.05, 3.63) is 17.7 Å². The monoisotopic (exact) mass is 386 g/mol. The molecule has 0 spiro atoms. The summed E-state index contributed by atoms with van der Waals surface area (Å²) in [6.07, 6.45) is 5.71. The highest BCUT2D eigenvalue weighted by atomic mass is 35.5. The lowest BCUT2D eigenvalue weighted by atomic mass is 9.97. The summed E-state index contributed by atoms with van der Waals surface area (Å²) in [5.74, 6) is 1.94. The van der Waals surface area contributed by atoms with Crippen LogP contribution in [0.2, 0.25) is 0 Å². The summed E-state index contributed by atoms with van der Waals surface area (Å²) < 4.78 is 2.38. The van der Waals surface area contributed by atoms with Gasteiger partial charge in [0.2, 0.25) is 0 Å². The third-order valence-electron chi connectivity index (χ3n) is 3.93. The largest absolute Gasteiger partial charge is 0.333 e. The van der Waals surface area contributed by atoms with Gasteiger partial charge in [0, 0.05) is 30.7 Å². The van der Waals surface area contributed by atoms with E-state index in [-0.39, 0.29) is 42.8 Å². The molecule has 0 aromatic carbocycles. The molecule has 1 aromatic rings. The van der Waals surface area contributed by atoms with E-state index in [1.54, 1.807) is 0 Å². The van der Waals surface area contributed by atoms with Gasteiger partial charge in [0.1, 0.15) is 5.82 Å². The SMILES string of the molecule is CCc1cn(CCNC(C)(C)C)c(C2CCNCC2)n1.Cl.Cl.Cl. The summed E-state index contributed by atoms with van der Waals surface area (Å²) in [6.45, 7) is 13.1. The number of nitrogens with one attached hydrogen (secondary N) is 2. The highest BCUT2D eigenvalue weighted by Crippen LogP contribution is 2.24. The predicted octanol–water partition coefficient (Wildman–Crippen LogP) is 3.57. The molecule has 2 N–H and O–H groups in total. The lowest BCUT2D eigenvalue weighted by Gasteiger charge is -2.24. The van der Waals surface area contributed by atoms with E-state index in [9.17, 15) is 0 Å².